The number of rotatable bonds is 4. The van der Waals surface area contributed by atoms with Gasteiger partial charge in [-0.1, -0.05) is 38.5 Å². The van der Waals surface area contributed by atoms with Crippen molar-refractivity contribution in [2.75, 3.05) is 13.6 Å². The molecule has 2 rings (SSSR count). The van der Waals surface area contributed by atoms with E-state index in [1.165, 1.54) is 11.9 Å². The van der Waals surface area contributed by atoms with Crippen molar-refractivity contribution in [1.29, 1.82) is 0 Å². The van der Waals surface area contributed by atoms with Crippen LogP contribution < -0.4 is 0 Å². The van der Waals surface area contributed by atoms with Gasteiger partial charge in [-0.25, -0.2) is 4.68 Å². The van der Waals surface area contributed by atoms with Crippen molar-refractivity contribution in [2.45, 2.75) is 33.1 Å². The Labute approximate surface area is 141 Å². The average molecular weight is 329 g/mol. The minimum atomic E-state index is -1.05. The Morgan fingerprint density at radius 3 is 2.29 bits per heavy atom. The van der Waals surface area contributed by atoms with E-state index in [4.69, 9.17) is 5.11 Å². The van der Waals surface area contributed by atoms with E-state index < -0.39 is 5.97 Å². The van der Waals surface area contributed by atoms with Crippen LogP contribution >= 0.6 is 0 Å². The van der Waals surface area contributed by atoms with Gasteiger partial charge in [-0.2, -0.15) is 5.10 Å². The second kappa shape index (κ2) is 6.47. The molecule has 128 valence electrons. The van der Waals surface area contributed by atoms with Gasteiger partial charge in [0.05, 0.1) is 16.9 Å². The molecular formula is C18H23N3O3. The van der Waals surface area contributed by atoms with Crippen molar-refractivity contribution >= 4 is 11.9 Å². The molecule has 0 aliphatic heterocycles. The summed E-state index contributed by atoms with van der Waals surface area (Å²) in [6, 6.07) is 7.83. The monoisotopic (exact) mass is 329 g/mol. The Morgan fingerprint density at radius 2 is 1.79 bits per heavy atom. The molecule has 0 atom stereocenters. The summed E-state index contributed by atoms with van der Waals surface area (Å²) in [4.78, 5) is 24.7. The number of hydrogen-bond donors (Lipinski definition) is 1. The molecule has 1 N–H and O–H groups in total. The van der Waals surface area contributed by atoms with Crippen molar-refractivity contribution in [3.8, 4) is 5.69 Å². The number of hydrogen-bond acceptors (Lipinski definition) is 3. The number of benzene rings is 1. The number of aliphatic carboxylic acids is 1. The van der Waals surface area contributed by atoms with E-state index in [0.717, 1.165) is 11.3 Å². The minimum absolute atomic E-state index is 0.342. The van der Waals surface area contributed by atoms with Crippen molar-refractivity contribution in [3.05, 3.63) is 47.3 Å². The highest BCUT2D eigenvalue weighted by atomic mass is 16.4. The molecule has 0 saturated heterocycles. The van der Waals surface area contributed by atoms with Gasteiger partial charge in [0, 0.05) is 18.7 Å². The van der Waals surface area contributed by atoms with Crippen LogP contribution in [0.3, 0.4) is 0 Å². The first-order valence-corrected chi connectivity index (χ1v) is 7.74. The molecule has 24 heavy (non-hydrogen) atoms. The summed E-state index contributed by atoms with van der Waals surface area (Å²) in [6.45, 7) is 7.58. The summed E-state index contributed by atoms with van der Waals surface area (Å²) < 4.78 is 1.67. The van der Waals surface area contributed by atoms with Gasteiger partial charge in [0.1, 0.15) is 6.54 Å². The van der Waals surface area contributed by atoms with E-state index >= 15 is 0 Å². The topological polar surface area (TPSA) is 75.4 Å². The van der Waals surface area contributed by atoms with E-state index in [1.54, 1.807) is 10.9 Å². The number of carboxylic acids is 1. The van der Waals surface area contributed by atoms with E-state index in [0.29, 0.717) is 11.3 Å². The van der Waals surface area contributed by atoms with Gasteiger partial charge in [0.2, 0.25) is 0 Å². The van der Waals surface area contributed by atoms with Crippen LogP contribution in [0.1, 0.15) is 42.4 Å². The summed E-state index contributed by atoms with van der Waals surface area (Å²) in [5.41, 5.74) is 2.72. The number of nitrogens with zero attached hydrogens (tertiary/aromatic N) is 3. The molecule has 0 aliphatic rings. The van der Waals surface area contributed by atoms with Crippen molar-refractivity contribution in [2.24, 2.45) is 0 Å². The molecule has 1 heterocycles. The quantitative estimate of drug-likeness (QED) is 0.935. The first-order chi connectivity index (χ1) is 11.1. The predicted molar refractivity (Wildman–Crippen MR) is 91.6 cm³/mol. The molecule has 1 aromatic heterocycles. The summed E-state index contributed by atoms with van der Waals surface area (Å²) >= 11 is 0. The standard InChI is InChI=1S/C18H23N3O3/c1-12-6-8-13(9-7-12)21-10-14(16(19-21)18(2,3)4)17(24)20(5)11-15(22)23/h6-10H,11H2,1-5H3,(H,22,23). The molecule has 0 bridgehead atoms. The highest BCUT2D eigenvalue weighted by Crippen LogP contribution is 2.26. The largest absolute Gasteiger partial charge is 0.480 e. The number of amides is 1. The maximum atomic E-state index is 12.7. The third-order valence-electron chi connectivity index (χ3n) is 3.67. The van der Waals surface area contributed by atoms with Crippen LogP contribution in [-0.2, 0) is 10.2 Å². The SMILES string of the molecule is Cc1ccc(-n2cc(C(=O)N(C)CC(=O)O)c(C(C)(C)C)n2)cc1. The van der Waals surface area contributed by atoms with Gasteiger partial charge in [-0.15, -0.1) is 0 Å². The maximum Gasteiger partial charge on any atom is 0.323 e. The Hall–Kier alpha value is -2.63. The van der Waals surface area contributed by atoms with Gasteiger partial charge in [-0.05, 0) is 19.1 Å². The zero-order valence-corrected chi connectivity index (χ0v) is 14.7. The van der Waals surface area contributed by atoms with E-state index in [-0.39, 0.29) is 17.9 Å². The molecule has 0 saturated carbocycles. The van der Waals surface area contributed by atoms with E-state index in [1.807, 2.05) is 52.0 Å². The Bertz CT molecular complexity index is 755. The third kappa shape index (κ3) is 3.82. The number of carbonyl (C=O) groups excluding carboxylic acids is 1. The number of likely N-dealkylation sites (N-methyl/N-ethyl adjacent to an activating group) is 1. The minimum Gasteiger partial charge on any atom is -0.480 e. The molecule has 6 nitrogen and oxygen atoms in total. The lowest BCUT2D eigenvalue weighted by Crippen LogP contribution is -2.33. The Kier molecular flexibility index (Phi) is 4.78. The van der Waals surface area contributed by atoms with Crippen LogP contribution in [0.25, 0.3) is 5.69 Å². The molecule has 0 fully saturated rings. The van der Waals surface area contributed by atoms with Gasteiger partial charge < -0.3 is 10.0 Å². The molecule has 1 aromatic carbocycles. The highest BCUT2D eigenvalue weighted by Gasteiger charge is 2.28. The molecule has 6 heteroatoms. The number of aromatic nitrogens is 2. The molecule has 0 aliphatic carbocycles. The molecule has 0 spiro atoms. The van der Waals surface area contributed by atoms with Gasteiger partial charge in [-0.3, -0.25) is 9.59 Å². The molecule has 2 aromatic rings. The lowest BCUT2D eigenvalue weighted by molar-refractivity contribution is -0.137. The van der Waals surface area contributed by atoms with Crippen LogP contribution in [0.15, 0.2) is 30.5 Å². The van der Waals surface area contributed by atoms with Gasteiger partial charge >= 0.3 is 5.97 Å². The second-order valence-electron chi connectivity index (χ2n) is 6.98. The van der Waals surface area contributed by atoms with Crippen LogP contribution in [0.4, 0.5) is 0 Å². The predicted octanol–water partition coefficient (Wildman–Crippen LogP) is 2.63. The molecule has 0 radical (unpaired) electrons. The Morgan fingerprint density at radius 1 is 1.21 bits per heavy atom. The van der Waals surface area contributed by atoms with E-state index in [9.17, 15) is 9.59 Å². The van der Waals surface area contributed by atoms with Crippen molar-refractivity contribution < 1.29 is 14.7 Å². The van der Waals surface area contributed by atoms with Gasteiger partial charge in [0.25, 0.3) is 5.91 Å². The van der Waals surface area contributed by atoms with Crippen LogP contribution in [0.5, 0.6) is 0 Å². The fourth-order valence-electron chi connectivity index (χ4n) is 2.39. The summed E-state index contributed by atoms with van der Waals surface area (Å²) in [5.74, 6) is -1.39. The highest BCUT2D eigenvalue weighted by molar-refractivity contribution is 5.96. The zero-order chi connectivity index (χ0) is 18.1. The van der Waals surface area contributed by atoms with Crippen LogP contribution in [-0.4, -0.2) is 45.3 Å². The molecule has 1 amide bonds. The average Bonchev–Trinajstić information content (AvgIpc) is 2.91. The number of aryl methyl sites for hydroxylation is 1. The lowest BCUT2D eigenvalue weighted by Gasteiger charge is -2.19. The molecular weight excluding hydrogens is 306 g/mol. The third-order valence-corrected chi connectivity index (χ3v) is 3.67. The lowest BCUT2D eigenvalue weighted by atomic mass is 9.89. The maximum absolute atomic E-state index is 12.7. The molecule has 0 unspecified atom stereocenters. The first kappa shape index (κ1) is 17.7. The normalized spacial score (nSPS) is 11.4. The van der Waals surface area contributed by atoms with Crippen LogP contribution in [0, 0.1) is 6.92 Å². The van der Waals surface area contributed by atoms with Crippen molar-refractivity contribution in [3.63, 3.8) is 0 Å². The number of carboxylic acid groups (broad SMARTS) is 1. The van der Waals surface area contributed by atoms with Crippen LogP contribution in [0.2, 0.25) is 0 Å². The zero-order valence-electron chi connectivity index (χ0n) is 14.7. The summed E-state index contributed by atoms with van der Waals surface area (Å²) in [7, 11) is 1.48. The first-order valence-electron chi connectivity index (χ1n) is 7.74. The fourth-order valence-corrected chi connectivity index (χ4v) is 2.39. The number of carbonyl (C=O) groups is 2. The fraction of sp³-hybridized carbons (Fsp3) is 0.389. The van der Waals surface area contributed by atoms with Gasteiger partial charge in [0.15, 0.2) is 0 Å². The second-order valence-corrected chi connectivity index (χ2v) is 6.98. The van der Waals surface area contributed by atoms with E-state index in [2.05, 4.69) is 5.10 Å². The van der Waals surface area contributed by atoms with Crippen molar-refractivity contribution in [1.82, 2.24) is 14.7 Å². The summed E-state index contributed by atoms with van der Waals surface area (Å²) in [6.07, 6.45) is 1.67. The smallest absolute Gasteiger partial charge is 0.323 e. The summed E-state index contributed by atoms with van der Waals surface area (Å²) in [5, 5.41) is 13.5. The Balaban J connectivity index is 2.48.